The molecule has 0 heterocycles. The van der Waals surface area contributed by atoms with Gasteiger partial charge in [-0.05, 0) is 56.2 Å². The molecule has 0 unspecified atom stereocenters. The van der Waals surface area contributed by atoms with E-state index in [2.05, 4.69) is 5.32 Å². The molecule has 2 amide bonds. The molecular weight excluding hydrogens is 522 g/mol. The summed E-state index contributed by atoms with van der Waals surface area (Å²) in [6, 6.07) is 21.9. The van der Waals surface area contributed by atoms with Crippen molar-refractivity contribution in [3.63, 3.8) is 0 Å². The number of carbonyl (C=O) groups excluding carboxylic acids is 2. The van der Waals surface area contributed by atoms with Crippen molar-refractivity contribution in [2.75, 3.05) is 13.6 Å². The molecule has 0 saturated heterocycles. The van der Waals surface area contributed by atoms with Gasteiger partial charge in [-0.1, -0.05) is 71.8 Å². The van der Waals surface area contributed by atoms with Crippen LogP contribution in [0.2, 0.25) is 5.02 Å². The van der Waals surface area contributed by atoms with Gasteiger partial charge in [0.15, 0.2) is 0 Å². The Bertz CT molecular complexity index is 1330. The van der Waals surface area contributed by atoms with Crippen molar-refractivity contribution in [1.82, 2.24) is 14.5 Å². The van der Waals surface area contributed by atoms with Gasteiger partial charge in [0.2, 0.25) is 21.8 Å². The molecule has 0 saturated carbocycles. The van der Waals surface area contributed by atoms with E-state index in [0.29, 0.717) is 5.02 Å². The van der Waals surface area contributed by atoms with Gasteiger partial charge in [-0.3, -0.25) is 9.59 Å². The second-order valence-electron chi connectivity index (χ2n) is 9.59. The quantitative estimate of drug-likeness (QED) is 0.379. The number of rotatable bonds is 11. The second-order valence-corrected chi connectivity index (χ2v) is 12.1. The van der Waals surface area contributed by atoms with E-state index in [1.165, 1.54) is 36.2 Å². The summed E-state index contributed by atoms with van der Waals surface area (Å²) in [4.78, 5) is 28.7. The zero-order valence-electron chi connectivity index (χ0n) is 22.1. The number of sulfonamides is 1. The van der Waals surface area contributed by atoms with Gasteiger partial charge in [0.1, 0.15) is 6.04 Å². The molecule has 202 valence electrons. The topological polar surface area (TPSA) is 86.8 Å². The van der Waals surface area contributed by atoms with Gasteiger partial charge < -0.3 is 10.2 Å². The summed E-state index contributed by atoms with van der Waals surface area (Å²) in [6.07, 6.45) is 0.282. The van der Waals surface area contributed by atoms with Crippen LogP contribution >= 0.6 is 11.6 Å². The summed E-state index contributed by atoms with van der Waals surface area (Å²) in [5, 5.41) is 3.34. The molecule has 0 aliphatic rings. The molecule has 0 spiro atoms. The minimum absolute atomic E-state index is 0.0284. The summed E-state index contributed by atoms with van der Waals surface area (Å²) in [6.45, 7) is 5.40. The van der Waals surface area contributed by atoms with Gasteiger partial charge in [-0.15, -0.1) is 0 Å². The molecular formula is C29H34ClN3O4S. The lowest BCUT2D eigenvalue weighted by molar-refractivity contribution is -0.141. The predicted octanol–water partition coefficient (Wildman–Crippen LogP) is 4.43. The molecule has 3 aromatic carbocycles. The average Bonchev–Trinajstić information content (AvgIpc) is 2.87. The highest BCUT2D eigenvalue weighted by Crippen LogP contribution is 2.20. The fourth-order valence-corrected chi connectivity index (χ4v) is 5.22. The molecule has 0 aliphatic heterocycles. The van der Waals surface area contributed by atoms with Crippen LogP contribution in [0.4, 0.5) is 0 Å². The van der Waals surface area contributed by atoms with E-state index in [1.54, 1.807) is 0 Å². The first-order valence-electron chi connectivity index (χ1n) is 12.4. The molecule has 0 aliphatic carbocycles. The average molecular weight is 556 g/mol. The smallest absolute Gasteiger partial charge is 0.243 e. The number of halogens is 1. The van der Waals surface area contributed by atoms with Crippen molar-refractivity contribution in [2.45, 2.75) is 50.7 Å². The maximum atomic E-state index is 13.8. The number of hydrogen-bond acceptors (Lipinski definition) is 4. The third-order valence-electron chi connectivity index (χ3n) is 6.06. The van der Waals surface area contributed by atoms with Gasteiger partial charge >= 0.3 is 0 Å². The molecule has 3 rings (SSSR count). The predicted molar refractivity (Wildman–Crippen MR) is 150 cm³/mol. The highest BCUT2D eigenvalue weighted by molar-refractivity contribution is 7.89. The lowest BCUT2D eigenvalue weighted by atomic mass is 10.0. The monoisotopic (exact) mass is 555 g/mol. The van der Waals surface area contributed by atoms with Gasteiger partial charge in [-0.25, -0.2) is 8.42 Å². The lowest BCUT2D eigenvalue weighted by Gasteiger charge is -2.33. The Labute approximate surface area is 230 Å². The molecule has 3 aromatic rings. The van der Waals surface area contributed by atoms with E-state index in [0.717, 1.165) is 21.0 Å². The van der Waals surface area contributed by atoms with Crippen LogP contribution in [0.25, 0.3) is 0 Å². The van der Waals surface area contributed by atoms with Crippen LogP contribution in [0.5, 0.6) is 0 Å². The van der Waals surface area contributed by atoms with Crippen molar-refractivity contribution in [3.8, 4) is 0 Å². The first kappa shape index (κ1) is 29.4. The minimum atomic E-state index is -3.96. The molecule has 0 fully saturated rings. The number of nitrogens with one attached hydrogen (secondary N) is 1. The van der Waals surface area contributed by atoms with E-state index >= 15 is 0 Å². The Morgan fingerprint density at radius 2 is 1.50 bits per heavy atom. The standard InChI is InChI=1S/C29H34ClN3O4S/c1-21(2)31-29(35)27(18-23-8-6-5-7-9-23)33(19-24-12-10-22(3)11-13-24)28(34)20-32(4)38(36,37)26-16-14-25(30)15-17-26/h5-17,21,27H,18-20H2,1-4H3,(H,31,35)/t27-/m1/s1. The number of carbonyl (C=O) groups is 2. The number of hydrogen-bond donors (Lipinski definition) is 1. The highest BCUT2D eigenvalue weighted by Gasteiger charge is 2.33. The maximum Gasteiger partial charge on any atom is 0.243 e. The number of likely N-dealkylation sites (N-methyl/N-ethyl adjacent to an activating group) is 1. The zero-order chi connectivity index (χ0) is 27.9. The third-order valence-corrected chi connectivity index (χ3v) is 8.12. The molecule has 0 bridgehead atoms. The number of aryl methyl sites for hydroxylation is 1. The van der Waals surface area contributed by atoms with Crippen LogP contribution in [-0.2, 0) is 32.6 Å². The van der Waals surface area contributed by atoms with Crippen LogP contribution in [-0.4, -0.2) is 55.1 Å². The Morgan fingerprint density at radius 3 is 2.08 bits per heavy atom. The SMILES string of the molecule is Cc1ccc(CN(C(=O)CN(C)S(=O)(=O)c2ccc(Cl)cc2)[C@H](Cc2ccccc2)C(=O)NC(C)C)cc1. The van der Waals surface area contributed by atoms with Crippen molar-refractivity contribution >= 4 is 33.4 Å². The van der Waals surface area contributed by atoms with E-state index in [1.807, 2.05) is 75.4 Å². The zero-order valence-corrected chi connectivity index (χ0v) is 23.7. The highest BCUT2D eigenvalue weighted by atomic mass is 35.5. The van der Waals surface area contributed by atoms with Crippen LogP contribution in [0.15, 0.2) is 83.8 Å². The Kier molecular flexibility index (Phi) is 10.1. The molecule has 1 atom stereocenters. The van der Waals surface area contributed by atoms with Gasteiger partial charge in [0.05, 0.1) is 11.4 Å². The molecule has 7 nitrogen and oxygen atoms in total. The van der Waals surface area contributed by atoms with E-state index in [4.69, 9.17) is 11.6 Å². The van der Waals surface area contributed by atoms with Crippen molar-refractivity contribution in [3.05, 3.63) is 101 Å². The number of amides is 2. The van der Waals surface area contributed by atoms with E-state index in [-0.39, 0.29) is 29.8 Å². The Hall–Kier alpha value is -3.20. The molecule has 38 heavy (non-hydrogen) atoms. The Morgan fingerprint density at radius 1 is 0.895 bits per heavy atom. The summed E-state index contributed by atoms with van der Waals surface area (Å²) in [5.74, 6) is -0.780. The maximum absolute atomic E-state index is 13.8. The van der Waals surface area contributed by atoms with Gasteiger partial charge in [0.25, 0.3) is 0 Å². The molecule has 9 heteroatoms. The summed E-state index contributed by atoms with van der Waals surface area (Å²) in [7, 11) is -2.61. The summed E-state index contributed by atoms with van der Waals surface area (Å²) >= 11 is 5.91. The van der Waals surface area contributed by atoms with Crippen LogP contribution in [0.3, 0.4) is 0 Å². The van der Waals surface area contributed by atoms with Crippen LogP contribution < -0.4 is 5.32 Å². The largest absolute Gasteiger partial charge is 0.352 e. The Balaban J connectivity index is 1.96. The van der Waals surface area contributed by atoms with Crippen molar-refractivity contribution < 1.29 is 18.0 Å². The normalized spacial score (nSPS) is 12.4. The second kappa shape index (κ2) is 13.0. The van der Waals surface area contributed by atoms with Crippen LogP contribution in [0, 0.1) is 6.92 Å². The number of nitrogens with zero attached hydrogens (tertiary/aromatic N) is 2. The van der Waals surface area contributed by atoms with Crippen LogP contribution in [0.1, 0.15) is 30.5 Å². The van der Waals surface area contributed by atoms with Crippen molar-refractivity contribution in [2.24, 2.45) is 0 Å². The molecule has 1 N–H and O–H groups in total. The van der Waals surface area contributed by atoms with E-state index < -0.39 is 28.5 Å². The fraction of sp³-hybridized carbons (Fsp3) is 0.310. The first-order valence-corrected chi connectivity index (χ1v) is 14.2. The minimum Gasteiger partial charge on any atom is -0.352 e. The lowest BCUT2D eigenvalue weighted by Crippen LogP contribution is -2.53. The summed E-state index contributed by atoms with van der Waals surface area (Å²) < 4.78 is 27.3. The molecule has 0 radical (unpaired) electrons. The summed E-state index contributed by atoms with van der Waals surface area (Å²) in [5.41, 5.74) is 2.79. The first-order chi connectivity index (χ1) is 18.0. The van der Waals surface area contributed by atoms with Gasteiger partial charge in [0, 0.05) is 31.1 Å². The third kappa shape index (κ3) is 7.90. The van der Waals surface area contributed by atoms with Gasteiger partial charge in [-0.2, -0.15) is 4.31 Å². The number of benzene rings is 3. The van der Waals surface area contributed by atoms with Crippen molar-refractivity contribution in [1.29, 1.82) is 0 Å². The van der Waals surface area contributed by atoms with E-state index in [9.17, 15) is 18.0 Å². The molecule has 0 aromatic heterocycles. The fourth-order valence-electron chi connectivity index (χ4n) is 3.98.